The lowest BCUT2D eigenvalue weighted by Gasteiger charge is -2.25. The molecule has 0 amide bonds. The molecule has 0 aromatic heterocycles. The van der Waals surface area contributed by atoms with Gasteiger partial charge >= 0.3 is 0 Å². The van der Waals surface area contributed by atoms with Gasteiger partial charge in [-0.05, 0) is 36.4 Å². The molecule has 2 rings (SSSR count). The van der Waals surface area contributed by atoms with Crippen molar-refractivity contribution in [1.29, 1.82) is 0 Å². The zero-order valence-corrected chi connectivity index (χ0v) is 11.0. The van der Waals surface area contributed by atoms with Gasteiger partial charge in [0.2, 0.25) is 0 Å². The fraction of sp³-hybridized carbons (Fsp3) is 0.600. The van der Waals surface area contributed by atoms with Crippen LogP contribution in [0.25, 0.3) is 0 Å². The number of nitrogens with two attached hydrogens (primary N) is 1. The number of hydrogen-bond acceptors (Lipinski definition) is 2. The van der Waals surface area contributed by atoms with Crippen LogP contribution >= 0.6 is 0 Å². The third kappa shape index (κ3) is 2.88. The SMILES string of the molecule is CCc1ccc(CN2CCC(C)C2CN)cc1. The molecule has 1 saturated heterocycles. The standard InChI is InChI=1S/C15H24N2/c1-3-13-4-6-14(7-5-13)11-17-9-8-12(2)15(17)10-16/h4-7,12,15H,3,8-11,16H2,1-2H3. The average molecular weight is 232 g/mol. The first kappa shape index (κ1) is 12.6. The van der Waals surface area contributed by atoms with E-state index < -0.39 is 0 Å². The van der Waals surface area contributed by atoms with Crippen LogP contribution in [0.3, 0.4) is 0 Å². The molecule has 1 aromatic carbocycles. The van der Waals surface area contributed by atoms with Crippen molar-refractivity contribution in [2.45, 2.75) is 39.3 Å². The van der Waals surface area contributed by atoms with E-state index >= 15 is 0 Å². The summed E-state index contributed by atoms with van der Waals surface area (Å²) in [5.41, 5.74) is 8.70. The van der Waals surface area contributed by atoms with Gasteiger partial charge in [-0.1, -0.05) is 38.1 Å². The zero-order valence-electron chi connectivity index (χ0n) is 11.0. The number of likely N-dealkylation sites (tertiary alicyclic amines) is 1. The van der Waals surface area contributed by atoms with E-state index in [1.54, 1.807) is 0 Å². The molecule has 1 fully saturated rings. The van der Waals surface area contributed by atoms with Crippen molar-refractivity contribution in [3.63, 3.8) is 0 Å². The van der Waals surface area contributed by atoms with E-state index in [1.165, 1.54) is 24.1 Å². The maximum atomic E-state index is 5.87. The molecule has 2 nitrogen and oxygen atoms in total. The fourth-order valence-corrected chi connectivity index (χ4v) is 2.78. The summed E-state index contributed by atoms with van der Waals surface area (Å²) in [5.74, 6) is 0.745. The van der Waals surface area contributed by atoms with Crippen LogP contribution in [-0.2, 0) is 13.0 Å². The Balaban J connectivity index is 2.00. The summed E-state index contributed by atoms with van der Waals surface area (Å²) in [6.45, 7) is 7.54. The van der Waals surface area contributed by atoms with Gasteiger partial charge < -0.3 is 5.73 Å². The van der Waals surface area contributed by atoms with E-state index in [0.717, 1.165) is 25.4 Å². The molecule has 0 aliphatic carbocycles. The Labute approximate surface area is 105 Å². The van der Waals surface area contributed by atoms with Gasteiger partial charge in [0.1, 0.15) is 0 Å². The first-order valence-electron chi connectivity index (χ1n) is 6.76. The van der Waals surface area contributed by atoms with E-state index in [4.69, 9.17) is 5.73 Å². The Morgan fingerprint density at radius 3 is 2.47 bits per heavy atom. The highest BCUT2D eigenvalue weighted by Gasteiger charge is 2.29. The molecule has 1 heterocycles. The summed E-state index contributed by atoms with van der Waals surface area (Å²) in [7, 11) is 0. The predicted molar refractivity (Wildman–Crippen MR) is 72.9 cm³/mol. The van der Waals surface area contributed by atoms with E-state index in [0.29, 0.717) is 6.04 Å². The van der Waals surface area contributed by atoms with Gasteiger partial charge in [-0.25, -0.2) is 0 Å². The van der Waals surface area contributed by atoms with E-state index in [2.05, 4.69) is 43.0 Å². The molecule has 2 heteroatoms. The maximum absolute atomic E-state index is 5.87. The number of rotatable bonds is 4. The highest BCUT2D eigenvalue weighted by molar-refractivity contribution is 5.22. The van der Waals surface area contributed by atoms with Crippen LogP contribution < -0.4 is 5.73 Å². The van der Waals surface area contributed by atoms with Gasteiger partial charge in [0.15, 0.2) is 0 Å². The first-order chi connectivity index (χ1) is 8.24. The molecule has 1 aromatic rings. The smallest absolute Gasteiger partial charge is 0.0248 e. The van der Waals surface area contributed by atoms with Crippen molar-refractivity contribution < 1.29 is 0 Å². The van der Waals surface area contributed by atoms with Gasteiger partial charge in [-0.3, -0.25) is 4.90 Å². The minimum absolute atomic E-state index is 0.570. The van der Waals surface area contributed by atoms with Gasteiger partial charge in [0.05, 0.1) is 0 Å². The summed E-state index contributed by atoms with van der Waals surface area (Å²) < 4.78 is 0. The molecule has 2 N–H and O–H groups in total. The van der Waals surface area contributed by atoms with Crippen LogP contribution in [0.1, 0.15) is 31.4 Å². The van der Waals surface area contributed by atoms with Crippen molar-refractivity contribution in [3.05, 3.63) is 35.4 Å². The molecule has 0 bridgehead atoms. The van der Waals surface area contributed by atoms with E-state index in [-0.39, 0.29) is 0 Å². The average Bonchev–Trinajstić information content (AvgIpc) is 2.71. The number of benzene rings is 1. The number of aryl methyl sites for hydroxylation is 1. The molecular formula is C15H24N2. The first-order valence-corrected chi connectivity index (χ1v) is 6.76. The largest absolute Gasteiger partial charge is 0.329 e. The second kappa shape index (κ2) is 5.65. The number of hydrogen-bond donors (Lipinski definition) is 1. The van der Waals surface area contributed by atoms with Crippen LogP contribution in [0.4, 0.5) is 0 Å². The molecule has 0 radical (unpaired) electrons. The highest BCUT2D eigenvalue weighted by atomic mass is 15.2. The minimum Gasteiger partial charge on any atom is -0.329 e. The van der Waals surface area contributed by atoms with Gasteiger partial charge in [-0.2, -0.15) is 0 Å². The van der Waals surface area contributed by atoms with Crippen LogP contribution in [0, 0.1) is 5.92 Å². The monoisotopic (exact) mass is 232 g/mol. The minimum atomic E-state index is 0.570. The lowest BCUT2D eigenvalue weighted by Crippen LogP contribution is -2.37. The lowest BCUT2D eigenvalue weighted by molar-refractivity contribution is 0.228. The quantitative estimate of drug-likeness (QED) is 0.864. The van der Waals surface area contributed by atoms with Crippen LogP contribution in [0.15, 0.2) is 24.3 Å². The van der Waals surface area contributed by atoms with Crippen molar-refractivity contribution in [3.8, 4) is 0 Å². The Bertz CT molecular complexity index is 344. The Hall–Kier alpha value is -0.860. The van der Waals surface area contributed by atoms with Crippen LogP contribution in [0.5, 0.6) is 0 Å². The molecule has 0 saturated carbocycles. The molecule has 94 valence electrons. The van der Waals surface area contributed by atoms with E-state index in [1.807, 2.05) is 0 Å². The topological polar surface area (TPSA) is 29.3 Å². The Morgan fingerprint density at radius 1 is 1.24 bits per heavy atom. The maximum Gasteiger partial charge on any atom is 0.0248 e. The summed E-state index contributed by atoms with van der Waals surface area (Å²) in [6, 6.07) is 9.57. The molecule has 1 aliphatic rings. The second-order valence-corrected chi connectivity index (χ2v) is 5.21. The molecule has 1 aliphatic heterocycles. The van der Waals surface area contributed by atoms with Crippen LogP contribution in [0.2, 0.25) is 0 Å². The highest BCUT2D eigenvalue weighted by Crippen LogP contribution is 2.24. The third-order valence-electron chi connectivity index (χ3n) is 4.06. The third-order valence-corrected chi connectivity index (χ3v) is 4.06. The summed E-state index contributed by atoms with van der Waals surface area (Å²) in [6.07, 6.45) is 2.40. The second-order valence-electron chi connectivity index (χ2n) is 5.21. The summed E-state index contributed by atoms with van der Waals surface area (Å²) in [4.78, 5) is 2.53. The molecular weight excluding hydrogens is 208 g/mol. The molecule has 0 spiro atoms. The Morgan fingerprint density at radius 2 is 1.88 bits per heavy atom. The van der Waals surface area contributed by atoms with Crippen molar-refractivity contribution in [1.82, 2.24) is 4.90 Å². The molecule has 17 heavy (non-hydrogen) atoms. The zero-order chi connectivity index (χ0) is 12.3. The summed E-state index contributed by atoms with van der Waals surface area (Å²) in [5, 5.41) is 0. The van der Waals surface area contributed by atoms with E-state index in [9.17, 15) is 0 Å². The van der Waals surface area contributed by atoms with Gasteiger partial charge in [0, 0.05) is 19.1 Å². The van der Waals surface area contributed by atoms with Gasteiger partial charge in [0.25, 0.3) is 0 Å². The molecule has 2 unspecified atom stereocenters. The van der Waals surface area contributed by atoms with Crippen molar-refractivity contribution in [2.75, 3.05) is 13.1 Å². The van der Waals surface area contributed by atoms with Crippen LogP contribution in [-0.4, -0.2) is 24.0 Å². The van der Waals surface area contributed by atoms with Crippen molar-refractivity contribution >= 4 is 0 Å². The predicted octanol–water partition coefficient (Wildman–Crippen LogP) is 2.42. The molecule has 2 atom stereocenters. The fourth-order valence-electron chi connectivity index (χ4n) is 2.78. The Kier molecular flexibility index (Phi) is 4.19. The normalized spacial score (nSPS) is 25.4. The summed E-state index contributed by atoms with van der Waals surface area (Å²) >= 11 is 0. The van der Waals surface area contributed by atoms with Crippen molar-refractivity contribution in [2.24, 2.45) is 11.7 Å². The number of nitrogens with zero attached hydrogens (tertiary/aromatic N) is 1. The van der Waals surface area contributed by atoms with Gasteiger partial charge in [-0.15, -0.1) is 0 Å². The lowest BCUT2D eigenvalue weighted by atomic mass is 10.0.